The largest absolute Gasteiger partial charge is 0.380 e. The second-order valence-electron chi connectivity index (χ2n) is 4.68. The summed E-state index contributed by atoms with van der Waals surface area (Å²) in [7, 11) is 1.70. The SMILES string of the molecule is COC1CCN(C(=O)c2ccc3[nH]ccc3c2)C1. The van der Waals surface area contributed by atoms with E-state index in [1.54, 1.807) is 7.11 Å². The fourth-order valence-electron chi connectivity index (χ4n) is 2.47. The Hall–Kier alpha value is -1.81. The number of nitrogens with zero attached hydrogens (tertiary/aromatic N) is 1. The summed E-state index contributed by atoms with van der Waals surface area (Å²) in [5.74, 6) is 0.0950. The van der Waals surface area contributed by atoms with E-state index >= 15 is 0 Å². The van der Waals surface area contributed by atoms with Gasteiger partial charge in [0.1, 0.15) is 0 Å². The summed E-state index contributed by atoms with van der Waals surface area (Å²) in [6.45, 7) is 1.48. The summed E-state index contributed by atoms with van der Waals surface area (Å²) in [5, 5.41) is 1.07. The van der Waals surface area contributed by atoms with Crippen LogP contribution in [-0.2, 0) is 4.74 Å². The zero-order chi connectivity index (χ0) is 12.5. The van der Waals surface area contributed by atoms with E-state index < -0.39 is 0 Å². The van der Waals surface area contributed by atoms with Crippen molar-refractivity contribution in [3.05, 3.63) is 36.0 Å². The molecule has 4 heteroatoms. The van der Waals surface area contributed by atoms with E-state index in [1.165, 1.54) is 0 Å². The number of benzene rings is 1. The van der Waals surface area contributed by atoms with Crippen molar-refractivity contribution >= 4 is 16.8 Å². The fraction of sp³-hybridized carbons (Fsp3) is 0.357. The molecule has 4 nitrogen and oxygen atoms in total. The van der Waals surface area contributed by atoms with Gasteiger partial charge in [-0.2, -0.15) is 0 Å². The van der Waals surface area contributed by atoms with Gasteiger partial charge >= 0.3 is 0 Å². The highest BCUT2D eigenvalue weighted by molar-refractivity contribution is 5.98. The Morgan fingerprint density at radius 2 is 2.33 bits per heavy atom. The van der Waals surface area contributed by atoms with Gasteiger partial charge in [-0.25, -0.2) is 0 Å². The fourth-order valence-corrected chi connectivity index (χ4v) is 2.47. The van der Waals surface area contributed by atoms with Crippen LogP contribution in [0, 0.1) is 0 Å². The molecule has 3 rings (SSSR count). The first-order valence-corrected chi connectivity index (χ1v) is 6.17. The second kappa shape index (κ2) is 4.46. The number of carbonyl (C=O) groups is 1. The van der Waals surface area contributed by atoms with Crippen molar-refractivity contribution in [2.24, 2.45) is 0 Å². The van der Waals surface area contributed by atoms with E-state index in [1.807, 2.05) is 35.4 Å². The van der Waals surface area contributed by atoms with Gasteiger partial charge in [0, 0.05) is 42.9 Å². The van der Waals surface area contributed by atoms with Crippen molar-refractivity contribution in [1.29, 1.82) is 0 Å². The van der Waals surface area contributed by atoms with Gasteiger partial charge in [-0.05, 0) is 30.7 Å². The molecule has 1 fully saturated rings. The van der Waals surface area contributed by atoms with Gasteiger partial charge < -0.3 is 14.6 Å². The number of methoxy groups -OCH3 is 1. The van der Waals surface area contributed by atoms with Crippen molar-refractivity contribution in [3.8, 4) is 0 Å². The highest BCUT2D eigenvalue weighted by Gasteiger charge is 2.26. The van der Waals surface area contributed by atoms with Crippen LogP contribution in [-0.4, -0.2) is 42.1 Å². The molecular formula is C14H16N2O2. The van der Waals surface area contributed by atoms with Crippen molar-refractivity contribution in [1.82, 2.24) is 9.88 Å². The first-order chi connectivity index (χ1) is 8.78. The summed E-state index contributed by atoms with van der Waals surface area (Å²) in [6.07, 6.45) is 3.00. The van der Waals surface area contributed by atoms with Gasteiger partial charge in [0.2, 0.25) is 0 Å². The molecule has 18 heavy (non-hydrogen) atoms. The van der Waals surface area contributed by atoms with Gasteiger partial charge in [0.15, 0.2) is 0 Å². The van der Waals surface area contributed by atoms with E-state index in [9.17, 15) is 4.79 Å². The highest BCUT2D eigenvalue weighted by atomic mass is 16.5. The number of hydrogen-bond donors (Lipinski definition) is 1. The molecule has 1 unspecified atom stereocenters. The summed E-state index contributed by atoms with van der Waals surface area (Å²) in [4.78, 5) is 17.3. The van der Waals surface area contributed by atoms with E-state index in [4.69, 9.17) is 4.74 Å². The Kier molecular flexibility index (Phi) is 2.80. The topological polar surface area (TPSA) is 45.3 Å². The van der Waals surface area contributed by atoms with Gasteiger partial charge in [0.25, 0.3) is 5.91 Å². The van der Waals surface area contributed by atoms with Crippen LogP contribution in [0.25, 0.3) is 10.9 Å². The normalized spacial score (nSPS) is 19.6. The minimum Gasteiger partial charge on any atom is -0.380 e. The number of rotatable bonds is 2. The molecule has 0 bridgehead atoms. The number of fused-ring (bicyclic) bond motifs is 1. The molecule has 1 aromatic carbocycles. The van der Waals surface area contributed by atoms with Crippen molar-refractivity contribution in [2.75, 3.05) is 20.2 Å². The molecule has 0 saturated carbocycles. The number of aromatic amines is 1. The molecule has 2 aromatic rings. The van der Waals surface area contributed by atoms with Crippen LogP contribution >= 0.6 is 0 Å². The summed E-state index contributed by atoms with van der Waals surface area (Å²) in [6, 6.07) is 7.75. The van der Waals surface area contributed by atoms with Crippen LogP contribution < -0.4 is 0 Å². The minimum absolute atomic E-state index is 0.0950. The Morgan fingerprint density at radius 3 is 3.11 bits per heavy atom. The zero-order valence-corrected chi connectivity index (χ0v) is 10.3. The quantitative estimate of drug-likeness (QED) is 0.878. The number of hydrogen-bond acceptors (Lipinski definition) is 2. The molecule has 0 aliphatic carbocycles. The average Bonchev–Trinajstić information content (AvgIpc) is 3.05. The van der Waals surface area contributed by atoms with Crippen molar-refractivity contribution in [2.45, 2.75) is 12.5 Å². The van der Waals surface area contributed by atoms with Gasteiger partial charge in [-0.15, -0.1) is 0 Å². The Bertz CT molecular complexity index is 576. The molecule has 1 saturated heterocycles. The molecule has 2 heterocycles. The molecule has 0 spiro atoms. The van der Waals surface area contributed by atoms with E-state index in [-0.39, 0.29) is 12.0 Å². The monoisotopic (exact) mass is 244 g/mol. The third-order valence-corrected chi connectivity index (χ3v) is 3.57. The van der Waals surface area contributed by atoms with Gasteiger partial charge in [-0.1, -0.05) is 0 Å². The van der Waals surface area contributed by atoms with E-state index in [0.29, 0.717) is 6.54 Å². The molecule has 1 aromatic heterocycles. The summed E-state index contributed by atoms with van der Waals surface area (Å²) >= 11 is 0. The number of nitrogens with one attached hydrogen (secondary N) is 1. The number of H-pyrrole nitrogens is 1. The third-order valence-electron chi connectivity index (χ3n) is 3.57. The molecule has 1 atom stereocenters. The maximum atomic E-state index is 12.3. The first-order valence-electron chi connectivity index (χ1n) is 6.17. The number of aromatic nitrogens is 1. The smallest absolute Gasteiger partial charge is 0.253 e. The number of likely N-dealkylation sites (tertiary alicyclic amines) is 1. The first kappa shape index (κ1) is 11.3. The van der Waals surface area contributed by atoms with Crippen LogP contribution in [0.4, 0.5) is 0 Å². The molecular weight excluding hydrogens is 228 g/mol. The van der Waals surface area contributed by atoms with Crippen LogP contribution in [0.2, 0.25) is 0 Å². The van der Waals surface area contributed by atoms with Gasteiger partial charge in [0.05, 0.1) is 6.10 Å². The summed E-state index contributed by atoms with van der Waals surface area (Å²) in [5.41, 5.74) is 1.81. The molecule has 1 aliphatic heterocycles. The lowest BCUT2D eigenvalue weighted by atomic mass is 10.1. The molecule has 94 valence electrons. The Balaban J connectivity index is 1.83. The molecule has 1 N–H and O–H groups in total. The number of amides is 1. The average molecular weight is 244 g/mol. The van der Waals surface area contributed by atoms with Crippen LogP contribution in [0.1, 0.15) is 16.8 Å². The molecule has 1 amide bonds. The highest BCUT2D eigenvalue weighted by Crippen LogP contribution is 2.19. The lowest BCUT2D eigenvalue weighted by molar-refractivity contribution is 0.0724. The minimum atomic E-state index is 0.0950. The van der Waals surface area contributed by atoms with Crippen molar-refractivity contribution in [3.63, 3.8) is 0 Å². The van der Waals surface area contributed by atoms with Gasteiger partial charge in [-0.3, -0.25) is 4.79 Å². The number of carbonyl (C=O) groups excluding carboxylic acids is 1. The third kappa shape index (κ3) is 1.88. The standard InChI is InChI=1S/C14H16N2O2/c1-18-12-5-7-16(9-12)14(17)11-2-3-13-10(8-11)4-6-15-13/h2-4,6,8,12,15H,5,7,9H2,1H3. The number of ether oxygens (including phenoxy) is 1. The molecule has 1 aliphatic rings. The van der Waals surface area contributed by atoms with E-state index in [0.717, 1.165) is 29.4 Å². The maximum Gasteiger partial charge on any atom is 0.253 e. The lowest BCUT2D eigenvalue weighted by Crippen LogP contribution is -2.29. The van der Waals surface area contributed by atoms with E-state index in [2.05, 4.69) is 4.98 Å². The van der Waals surface area contributed by atoms with Crippen LogP contribution in [0.3, 0.4) is 0 Å². The predicted octanol–water partition coefficient (Wildman–Crippen LogP) is 2.03. The Morgan fingerprint density at radius 1 is 1.44 bits per heavy atom. The predicted molar refractivity (Wildman–Crippen MR) is 69.6 cm³/mol. The van der Waals surface area contributed by atoms with Crippen LogP contribution in [0.5, 0.6) is 0 Å². The van der Waals surface area contributed by atoms with Crippen molar-refractivity contribution < 1.29 is 9.53 Å². The van der Waals surface area contributed by atoms with Crippen LogP contribution in [0.15, 0.2) is 30.5 Å². The molecule has 0 radical (unpaired) electrons. The lowest BCUT2D eigenvalue weighted by Gasteiger charge is -2.16. The maximum absolute atomic E-state index is 12.3. The summed E-state index contributed by atoms with van der Waals surface area (Å²) < 4.78 is 5.29. The second-order valence-corrected chi connectivity index (χ2v) is 4.68. The Labute approximate surface area is 106 Å². The zero-order valence-electron chi connectivity index (χ0n) is 10.3.